The summed E-state index contributed by atoms with van der Waals surface area (Å²) in [4.78, 5) is 35.9. The maximum absolute atomic E-state index is 12.6. The molecule has 0 spiro atoms. The second kappa shape index (κ2) is 8.28. The van der Waals surface area contributed by atoms with Crippen LogP contribution in [-0.2, 0) is 14.3 Å². The van der Waals surface area contributed by atoms with E-state index in [2.05, 4.69) is 15.7 Å². The van der Waals surface area contributed by atoms with Gasteiger partial charge in [-0.15, -0.1) is 0 Å². The van der Waals surface area contributed by atoms with Crippen LogP contribution in [0.5, 0.6) is 0 Å². The number of nitrogens with one attached hydrogen (secondary N) is 2. The molecule has 1 unspecified atom stereocenters. The van der Waals surface area contributed by atoms with Crippen LogP contribution in [0.15, 0.2) is 36.4 Å². The highest BCUT2D eigenvalue weighted by Crippen LogP contribution is 2.18. The molecule has 1 aromatic heterocycles. The monoisotopic (exact) mass is 358 g/mol. The van der Waals surface area contributed by atoms with Gasteiger partial charge in [0.1, 0.15) is 11.9 Å². The Bertz CT molecular complexity index is 799. The Hall–Kier alpha value is -3.16. The van der Waals surface area contributed by atoms with Gasteiger partial charge in [0.15, 0.2) is 5.69 Å². The van der Waals surface area contributed by atoms with Crippen molar-refractivity contribution in [2.45, 2.75) is 26.8 Å². The Balaban J connectivity index is 2.34. The predicted molar refractivity (Wildman–Crippen MR) is 96.0 cm³/mol. The fraction of sp³-hybridized carbons (Fsp3) is 0.333. The zero-order chi connectivity index (χ0) is 19.3. The number of benzene rings is 1. The lowest BCUT2D eigenvalue weighted by Crippen LogP contribution is -2.45. The molecule has 26 heavy (non-hydrogen) atoms. The Morgan fingerprint density at radius 1 is 1.15 bits per heavy atom. The number of para-hydroxylation sites is 1. The SMILES string of the molecule is COC(=O)C(NC(=O)c1cc(NC(C)=O)n(-c2ccccc2)n1)C(C)C. The number of anilines is 1. The summed E-state index contributed by atoms with van der Waals surface area (Å²) < 4.78 is 6.18. The highest BCUT2D eigenvalue weighted by atomic mass is 16.5. The summed E-state index contributed by atoms with van der Waals surface area (Å²) in [7, 11) is 1.27. The van der Waals surface area contributed by atoms with E-state index in [-0.39, 0.29) is 17.5 Å². The largest absolute Gasteiger partial charge is 0.467 e. The average Bonchev–Trinajstić information content (AvgIpc) is 3.02. The van der Waals surface area contributed by atoms with Crippen LogP contribution in [0.3, 0.4) is 0 Å². The zero-order valence-electron chi connectivity index (χ0n) is 15.1. The summed E-state index contributed by atoms with van der Waals surface area (Å²) in [5.41, 5.74) is 0.760. The molecule has 2 amide bonds. The number of rotatable bonds is 6. The highest BCUT2D eigenvalue weighted by molar-refractivity contribution is 5.97. The molecular formula is C18H22N4O4. The normalized spacial score (nSPS) is 11.7. The number of ether oxygens (including phenoxy) is 1. The van der Waals surface area contributed by atoms with Crippen molar-refractivity contribution in [3.63, 3.8) is 0 Å². The first-order valence-electron chi connectivity index (χ1n) is 8.15. The Labute approximate surface area is 151 Å². The lowest BCUT2D eigenvalue weighted by atomic mass is 10.0. The van der Waals surface area contributed by atoms with Crippen LogP contribution in [-0.4, -0.2) is 40.7 Å². The summed E-state index contributed by atoms with van der Waals surface area (Å²) in [6, 6.07) is 9.75. The molecule has 0 aliphatic heterocycles. The summed E-state index contributed by atoms with van der Waals surface area (Å²) in [6.45, 7) is 4.97. The van der Waals surface area contributed by atoms with Gasteiger partial charge in [-0.05, 0) is 18.1 Å². The minimum Gasteiger partial charge on any atom is -0.467 e. The lowest BCUT2D eigenvalue weighted by molar-refractivity contribution is -0.144. The molecule has 0 aliphatic carbocycles. The molecule has 8 nitrogen and oxygen atoms in total. The first-order chi connectivity index (χ1) is 12.3. The van der Waals surface area contributed by atoms with E-state index in [0.717, 1.165) is 0 Å². The molecule has 0 radical (unpaired) electrons. The van der Waals surface area contributed by atoms with Gasteiger partial charge in [0.2, 0.25) is 5.91 Å². The minimum atomic E-state index is -0.793. The van der Waals surface area contributed by atoms with Gasteiger partial charge in [-0.3, -0.25) is 9.59 Å². The molecule has 0 aliphatic rings. The number of aromatic nitrogens is 2. The van der Waals surface area contributed by atoms with Gasteiger partial charge in [-0.1, -0.05) is 32.0 Å². The third kappa shape index (κ3) is 4.47. The van der Waals surface area contributed by atoms with Crippen LogP contribution in [0.4, 0.5) is 5.82 Å². The van der Waals surface area contributed by atoms with Crippen molar-refractivity contribution in [1.29, 1.82) is 0 Å². The van der Waals surface area contributed by atoms with Gasteiger partial charge >= 0.3 is 5.97 Å². The third-order valence-electron chi connectivity index (χ3n) is 3.66. The number of hydrogen-bond donors (Lipinski definition) is 2. The van der Waals surface area contributed by atoms with E-state index in [4.69, 9.17) is 4.74 Å². The van der Waals surface area contributed by atoms with Crippen LogP contribution in [0.1, 0.15) is 31.3 Å². The summed E-state index contributed by atoms with van der Waals surface area (Å²) in [5, 5.41) is 9.54. The van der Waals surface area contributed by atoms with Gasteiger partial charge in [0, 0.05) is 13.0 Å². The summed E-state index contributed by atoms with van der Waals surface area (Å²) in [5.74, 6) is -1.15. The molecule has 138 valence electrons. The van der Waals surface area contributed by atoms with E-state index in [0.29, 0.717) is 11.5 Å². The number of carbonyl (C=O) groups is 3. The Morgan fingerprint density at radius 2 is 1.81 bits per heavy atom. The first kappa shape index (κ1) is 19.2. The van der Waals surface area contributed by atoms with Crippen molar-refractivity contribution in [3.05, 3.63) is 42.1 Å². The lowest BCUT2D eigenvalue weighted by Gasteiger charge is -2.19. The first-order valence-corrected chi connectivity index (χ1v) is 8.15. The standard InChI is InChI=1S/C18H22N4O4/c1-11(2)16(18(25)26-4)20-17(24)14-10-15(19-12(3)23)22(21-14)13-8-6-5-7-9-13/h5-11,16H,1-4H3,(H,19,23)(H,20,24). The molecule has 2 N–H and O–H groups in total. The smallest absolute Gasteiger partial charge is 0.328 e. The number of esters is 1. The molecule has 1 heterocycles. The zero-order valence-corrected chi connectivity index (χ0v) is 15.1. The van der Waals surface area contributed by atoms with Crippen LogP contribution in [0.25, 0.3) is 5.69 Å². The van der Waals surface area contributed by atoms with Crippen molar-refractivity contribution in [2.24, 2.45) is 5.92 Å². The molecule has 0 fully saturated rings. The Kier molecular flexibility index (Phi) is 6.11. The maximum Gasteiger partial charge on any atom is 0.328 e. The number of nitrogens with zero attached hydrogens (tertiary/aromatic N) is 2. The Morgan fingerprint density at radius 3 is 2.35 bits per heavy atom. The molecule has 1 aromatic carbocycles. The van der Waals surface area contributed by atoms with E-state index in [1.807, 2.05) is 18.2 Å². The van der Waals surface area contributed by atoms with Gasteiger partial charge < -0.3 is 15.4 Å². The summed E-state index contributed by atoms with van der Waals surface area (Å²) in [6.07, 6.45) is 0. The van der Waals surface area contributed by atoms with E-state index in [9.17, 15) is 14.4 Å². The molecular weight excluding hydrogens is 336 g/mol. The molecule has 8 heteroatoms. The van der Waals surface area contributed by atoms with Crippen LogP contribution < -0.4 is 10.6 Å². The van der Waals surface area contributed by atoms with Crippen molar-refractivity contribution in [3.8, 4) is 5.69 Å². The molecule has 0 saturated heterocycles. The second-order valence-corrected chi connectivity index (χ2v) is 6.06. The van der Waals surface area contributed by atoms with Crippen molar-refractivity contribution < 1.29 is 19.1 Å². The van der Waals surface area contributed by atoms with E-state index < -0.39 is 17.9 Å². The number of hydrogen-bond acceptors (Lipinski definition) is 5. The minimum absolute atomic E-state index is 0.0761. The molecule has 1 atom stereocenters. The second-order valence-electron chi connectivity index (χ2n) is 6.06. The number of amides is 2. The highest BCUT2D eigenvalue weighted by Gasteiger charge is 2.27. The molecule has 2 aromatic rings. The quantitative estimate of drug-likeness (QED) is 0.766. The predicted octanol–water partition coefficient (Wildman–Crippen LogP) is 1.76. The van der Waals surface area contributed by atoms with Crippen molar-refractivity contribution >= 4 is 23.6 Å². The van der Waals surface area contributed by atoms with Gasteiger partial charge in [0.05, 0.1) is 12.8 Å². The fourth-order valence-electron chi connectivity index (χ4n) is 2.37. The van der Waals surface area contributed by atoms with Crippen LogP contribution in [0, 0.1) is 5.92 Å². The number of carbonyl (C=O) groups excluding carboxylic acids is 3. The third-order valence-corrected chi connectivity index (χ3v) is 3.66. The van der Waals surface area contributed by atoms with Gasteiger partial charge in [0.25, 0.3) is 5.91 Å². The fourth-order valence-corrected chi connectivity index (χ4v) is 2.37. The van der Waals surface area contributed by atoms with Gasteiger partial charge in [-0.2, -0.15) is 5.10 Å². The molecule has 0 saturated carbocycles. The molecule has 0 bridgehead atoms. The average molecular weight is 358 g/mol. The maximum atomic E-state index is 12.6. The topological polar surface area (TPSA) is 102 Å². The summed E-state index contributed by atoms with van der Waals surface area (Å²) >= 11 is 0. The van der Waals surface area contributed by atoms with E-state index >= 15 is 0 Å². The van der Waals surface area contributed by atoms with Crippen molar-refractivity contribution in [2.75, 3.05) is 12.4 Å². The molecule has 2 rings (SSSR count). The van der Waals surface area contributed by atoms with Crippen molar-refractivity contribution in [1.82, 2.24) is 15.1 Å². The van der Waals surface area contributed by atoms with Crippen LogP contribution in [0.2, 0.25) is 0 Å². The van der Waals surface area contributed by atoms with Crippen LogP contribution >= 0.6 is 0 Å². The van der Waals surface area contributed by atoms with Gasteiger partial charge in [-0.25, -0.2) is 9.48 Å². The number of methoxy groups -OCH3 is 1. The van der Waals surface area contributed by atoms with E-state index in [1.165, 1.54) is 24.8 Å². The van der Waals surface area contributed by atoms with E-state index in [1.54, 1.807) is 26.0 Å².